The molecule has 0 radical (unpaired) electrons. The summed E-state index contributed by atoms with van der Waals surface area (Å²) in [7, 11) is 0. The fourth-order valence-corrected chi connectivity index (χ4v) is 2.02. The smallest absolute Gasteiger partial charge is 0.414 e. The Morgan fingerprint density at radius 2 is 1.57 bits per heavy atom. The Balaban J connectivity index is 0.000000568. The van der Waals surface area contributed by atoms with Gasteiger partial charge < -0.3 is 30.1 Å². The molecule has 1 unspecified atom stereocenters. The van der Waals surface area contributed by atoms with Crippen LogP contribution in [-0.2, 0) is 9.59 Å². The van der Waals surface area contributed by atoms with Crippen molar-refractivity contribution in [3.63, 3.8) is 0 Å². The summed E-state index contributed by atoms with van der Waals surface area (Å²) >= 11 is 5.99. The Morgan fingerprint density at radius 3 is 2.18 bits per heavy atom. The molecule has 0 amide bonds. The Morgan fingerprint density at radius 1 is 0.964 bits per heavy atom. The van der Waals surface area contributed by atoms with Gasteiger partial charge in [0, 0.05) is 13.1 Å². The number of carboxylic acid groups (broad SMARTS) is 2. The fraction of sp³-hybridized carbons (Fsp3) is 0.263. The van der Waals surface area contributed by atoms with E-state index in [0.29, 0.717) is 30.5 Å². The number of rotatable bonds is 9. The molecule has 4 N–H and O–H groups in total. The van der Waals surface area contributed by atoms with Gasteiger partial charge in [0.1, 0.15) is 30.8 Å². The molecule has 0 aliphatic rings. The summed E-state index contributed by atoms with van der Waals surface area (Å²) in [5, 5.41) is 28.3. The molecule has 9 heteroatoms. The fourth-order valence-electron chi connectivity index (χ4n) is 1.83. The first kappa shape index (κ1) is 23.2. The van der Waals surface area contributed by atoms with Gasteiger partial charge >= 0.3 is 11.9 Å². The third-order valence-electron chi connectivity index (χ3n) is 3.12. The summed E-state index contributed by atoms with van der Waals surface area (Å²) in [4.78, 5) is 18.2. The molecule has 0 spiro atoms. The van der Waals surface area contributed by atoms with Crippen LogP contribution in [0.4, 0.5) is 0 Å². The number of carboxylic acids is 2. The van der Waals surface area contributed by atoms with Crippen LogP contribution in [0.15, 0.2) is 54.6 Å². The van der Waals surface area contributed by atoms with Crippen LogP contribution in [0.25, 0.3) is 0 Å². The monoisotopic (exact) mass is 411 g/mol. The van der Waals surface area contributed by atoms with E-state index in [1.807, 2.05) is 48.5 Å². The van der Waals surface area contributed by atoms with Crippen molar-refractivity contribution >= 4 is 23.5 Å². The predicted octanol–water partition coefficient (Wildman–Crippen LogP) is 1.90. The maximum atomic E-state index is 9.82. The second kappa shape index (κ2) is 13.4. The van der Waals surface area contributed by atoms with Crippen LogP contribution in [0, 0.1) is 0 Å². The highest BCUT2D eigenvalue weighted by molar-refractivity contribution is 6.32. The van der Waals surface area contributed by atoms with Crippen molar-refractivity contribution in [2.45, 2.75) is 6.10 Å². The number of halogens is 1. The Hall–Kier alpha value is -2.81. The normalized spacial score (nSPS) is 10.9. The van der Waals surface area contributed by atoms with Crippen molar-refractivity contribution in [3.05, 3.63) is 59.6 Å². The lowest BCUT2D eigenvalue weighted by molar-refractivity contribution is -0.159. The summed E-state index contributed by atoms with van der Waals surface area (Å²) in [6.45, 7) is 1.80. The highest BCUT2D eigenvalue weighted by atomic mass is 35.5. The number of aliphatic hydroxyl groups is 1. The molecule has 8 nitrogen and oxygen atoms in total. The number of ether oxygens (including phenoxy) is 2. The van der Waals surface area contributed by atoms with Crippen molar-refractivity contribution < 1.29 is 34.4 Å². The third kappa shape index (κ3) is 10.4. The van der Waals surface area contributed by atoms with Gasteiger partial charge in [0.15, 0.2) is 0 Å². The van der Waals surface area contributed by atoms with Gasteiger partial charge in [0.25, 0.3) is 0 Å². The van der Waals surface area contributed by atoms with E-state index in [1.54, 1.807) is 6.07 Å². The van der Waals surface area contributed by atoms with E-state index < -0.39 is 18.0 Å². The van der Waals surface area contributed by atoms with Gasteiger partial charge in [0.2, 0.25) is 0 Å². The van der Waals surface area contributed by atoms with E-state index in [9.17, 15) is 5.11 Å². The second-order valence-electron chi connectivity index (χ2n) is 5.37. The average Bonchev–Trinajstić information content (AvgIpc) is 2.68. The summed E-state index contributed by atoms with van der Waals surface area (Å²) in [6.07, 6.45) is -0.569. The van der Waals surface area contributed by atoms with Gasteiger partial charge in [-0.15, -0.1) is 0 Å². The van der Waals surface area contributed by atoms with Crippen molar-refractivity contribution in [1.29, 1.82) is 0 Å². The summed E-state index contributed by atoms with van der Waals surface area (Å²) in [5.41, 5.74) is 0. The molecular weight excluding hydrogens is 390 g/mol. The van der Waals surface area contributed by atoms with E-state index in [1.165, 1.54) is 0 Å². The molecule has 0 saturated heterocycles. The largest absolute Gasteiger partial charge is 0.491 e. The van der Waals surface area contributed by atoms with Gasteiger partial charge in [-0.1, -0.05) is 41.9 Å². The molecule has 2 rings (SSSR count). The first-order valence-electron chi connectivity index (χ1n) is 8.30. The maximum absolute atomic E-state index is 9.82. The van der Waals surface area contributed by atoms with E-state index in [2.05, 4.69) is 5.32 Å². The van der Waals surface area contributed by atoms with Gasteiger partial charge in [-0.2, -0.15) is 0 Å². The zero-order chi connectivity index (χ0) is 20.8. The number of hydrogen-bond donors (Lipinski definition) is 4. The second-order valence-corrected chi connectivity index (χ2v) is 5.78. The molecule has 0 heterocycles. The van der Waals surface area contributed by atoms with Gasteiger partial charge in [-0.05, 0) is 24.3 Å². The number of carbonyl (C=O) groups is 2. The number of para-hydroxylation sites is 2. The van der Waals surface area contributed by atoms with Crippen LogP contribution in [0.5, 0.6) is 11.5 Å². The van der Waals surface area contributed by atoms with Crippen LogP contribution < -0.4 is 14.8 Å². The Bertz CT molecular complexity index is 715. The van der Waals surface area contributed by atoms with Gasteiger partial charge in [-0.25, -0.2) is 9.59 Å². The zero-order valence-electron chi connectivity index (χ0n) is 15.0. The zero-order valence-corrected chi connectivity index (χ0v) is 15.7. The number of aliphatic hydroxyl groups excluding tert-OH is 1. The summed E-state index contributed by atoms with van der Waals surface area (Å²) < 4.78 is 11.0. The Labute approximate surface area is 167 Å². The Kier molecular flexibility index (Phi) is 11.1. The highest BCUT2D eigenvalue weighted by Crippen LogP contribution is 2.22. The minimum atomic E-state index is -1.82. The van der Waals surface area contributed by atoms with Gasteiger partial charge in [-0.3, -0.25) is 0 Å². The van der Waals surface area contributed by atoms with Crippen LogP contribution in [0.3, 0.4) is 0 Å². The minimum Gasteiger partial charge on any atom is -0.491 e. The van der Waals surface area contributed by atoms with E-state index in [4.69, 9.17) is 40.9 Å². The molecule has 0 bridgehead atoms. The number of aliphatic carboxylic acids is 2. The molecule has 28 heavy (non-hydrogen) atoms. The number of nitrogens with one attached hydrogen (secondary N) is 1. The lowest BCUT2D eigenvalue weighted by Gasteiger charge is -2.13. The lowest BCUT2D eigenvalue weighted by Crippen LogP contribution is -2.33. The third-order valence-corrected chi connectivity index (χ3v) is 3.43. The van der Waals surface area contributed by atoms with Gasteiger partial charge in [0.05, 0.1) is 5.02 Å². The van der Waals surface area contributed by atoms with Crippen molar-refractivity contribution in [3.8, 4) is 11.5 Å². The summed E-state index contributed by atoms with van der Waals surface area (Å²) in [6, 6.07) is 16.8. The molecule has 0 aliphatic carbocycles. The van der Waals surface area contributed by atoms with E-state index >= 15 is 0 Å². The van der Waals surface area contributed by atoms with Crippen LogP contribution in [0.2, 0.25) is 5.02 Å². The quantitative estimate of drug-likeness (QED) is 0.364. The topological polar surface area (TPSA) is 125 Å². The molecule has 0 aromatic heterocycles. The molecule has 0 fully saturated rings. The summed E-state index contributed by atoms with van der Waals surface area (Å²) in [5.74, 6) is -2.23. The molecule has 0 aliphatic heterocycles. The SMILES string of the molecule is O=C(O)C(=O)O.OC(CNCCOc1ccccc1Cl)COc1ccccc1. The van der Waals surface area contributed by atoms with Crippen molar-refractivity contribution in [2.24, 2.45) is 0 Å². The van der Waals surface area contributed by atoms with Crippen LogP contribution >= 0.6 is 11.6 Å². The molecule has 152 valence electrons. The predicted molar refractivity (Wildman–Crippen MR) is 103 cm³/mol. The molecular formula is C19H22ClNO7. The van der Waals surface area contributed by atoms with Crippen LogP contribution in [-0.4, -0.2) is 59.7 Å². The minimum absolute atomic E-state index is 0.252. The highest BCUT2D eigenvalue weighted by Gasteiger charge is 2.05. The van der Waals surface area contributed by atoms with E-state index in [0.717, 1.165) is 5.75 Å². The number of hydrogen-bond acceptors (Lipinski definition) is 6. The first-order valence-corrected chi connectivity index (χ1v) is 8.68. The standard InChI is InChI=1S/C17H20ClNO3.C2H2O4/c18-16-8-4-5-9-17(16)21-11-10-19-12-14(20)13-22-15-6-2-1-3-7-15;3-1(4)2(5)6/h1-9,14,19-20H,10-13H2;(H,3,4)(H,5,6). The molecule has 1 atom stereocenters. The molecule has 2 aromatic rings. The van der Waals surface area contributed by atoms with E-state index in [-0.39, 0.29) is 6.61 Å². The van der Waals surface area contributed by atoms with Crippen molar-refractivity contribution in [2.75, 3.05) is 26.3 Å². The maximum Gasteiger partial charge on any atom is 0.414 e. The first-order chi connectivity index (χ1) is 13.4. The number of benzene rings is 2. The van der Waals surface area contributed by atoms with Crippen LogP contribution in [0.1, 0.15) is 0 Å². The molecule has 2 aromatic carbocycles. The average molecular weight is 412 g/mol. The van der Waals surface area contributed by atoms with Crippen molar-refractivity contribution in [1.82, 2.24) is 5.32 Å². The molecule has 0 saturated carbocycles. The lowest BCUT2D eigenvalue weighted by atomic mass is 10.3.